The number of aromatic nitrogens is 2. The molecule has 17 heavy (non-hydrogen) atoms. The Morgan fingerprint density at radius 3 is 2.82 bits per heavy atom. The zero-order chi connectivity index (χ0) is 12.0. The number of aromatic amines is 1. The summed E-state index contributed by atoms with van der Waals surface area (Å²) in [6.07, 6.45) is 0. The topological polar surface area (TPSA) is 54.7 Å². The van der Waals surface area contributed by atoms with Gasteiger partial charge in [-0.05, 0) is 25.5 Å². The van der Waals surface area contributed by atoms with Crippen LogP contribution in [0.4, 0.5) is 5.00 Å². The number of anilines is 1. The fraction of sp³-hybridized carbons (Fsp3) is 0.154. The number of nitrogen functional groups attached to an aromatic ring is 1. The van der Waals surface area contributed by atoms with E-state index >= 15 is 0 Å². The standard InChI is InChI=1S/C13H13N3S/c1-7-3-4-9-10(5-7)16-8(2)11(9)12-13(14)17-6-15-12/h3-6,16H,14H2,1-2H3. The quantitative estimate of drug-likeness (QED) is 0.687. The van der Waals surface area contributed by atoms with Gasteiger partial charge >= 0.3 is 0 Å². The number of benzene rings is 1. The van der Waals surface area contributed by atoms with Crippen LogP contribution in [0.25, 0.3) is 22.2 Å². The first-order valence-corrected chi connectivity index (χ1v) is 6.33. The second-order valence-corrected chi connectivity index (χ2v) is 5.13. The highest BCUT2D eigenvalue weighted by Gasteiger charge is 2.14. The summed E-state index contributed by atoms with van der Waals surface area (Å²) in [4.78, 5) is 7.76. The van der Waals surface area contributed by atoms with Gasteiger partial charge in [0.25, 0.3) is 0 Å². The molecule has 0 fully saturated rings. The van der Waals surface area contributed by atoms with Crippen molar-refractivity contribution in [2.45, 2.75) is 13.8 Å². The van der Waals surface area contributed by atoms with Gasteiger partial charge in [0.05, 0.1) is 5.51 Å². The molecular weight excluding hydrogens is 230 g/mol. The molecule has 0 amide bonds. The molecule has 0 aliphatic carbocycles. The maximum atomic E-state index is 5.96. The first kappa shape index (κ1) is 10.4. The fourth-order valence-corrected chi connectivity index (χ4v) is 2.73. The summed E-state index contributed by atoms with van der Waals surface area (Å²) >= 11 is 1.48. The second-order valence-electron chi connectivity index (χ2n) is 4.24. The van der Waals surface area contributed by atoms with E-state index in [-0.39, 0.29) is 0 Å². The van der Waals surface area contributed by atoms with E-state index in [0.717, 1.165) is 27.5 Å². The Hall–Kier alpha value is -1.81. The number of hydrogen-bond acceptors (Lipinski definition) is 3. The first-order valence-electron chi connectivity index (χ1n) is 5.45. The normalized spacial score (nSPS) is 11.2. The van der Waals surface area contributed by atoms with E-state index in [1.165, 1.54) is 22.3 Å². The lowest BCUT2D eigenvalue weighted by atomic mass is 10.1. The summed E-state index contributed by atoms with van der Waals surface area (Å²) in [6, 6.07) is 6.39. The molecule has 86 valence electrons. The Kier molecular flexibility index (Phi) is 2.19. The molecule has 2 aromatic heterocycles. The van der Waals surface area contributed by atoms with Gasteiger partial charge in [-0.3, -0.25) is 0 Å². The van der Waals surface area contributed by atoms with Crippen LogP contribution in [0, 0.1) is 13.8 Å². The lowest BCUT2D eigenvalue weighted by Crippen LogP contribution is -1.86. The van der Waals surface area contributed by atoms with Gasteiger partial charge in [-0.25, -0.2) is 4.98 Å². The number of nitrogens with one attached hydrogen (secondary N) is 1. The Labute approximate surface area is 103 Å². The van der Waals surface area contributed by atoms with E-state index in [1.807, 2.05) is 0 Å². The van der Waals surface area contributed by atoms with Gasteiger partial charge in [-0.15, -0.1) is 11.3 Å². The maximum Gasteiger partial charge on any atom is 0.114 e. The fourth-order valence-electron chi connectivity index (χ4n) is 2.19. The largest absolute Gasteiger partial charge is 0.389 e. The van der Waals surface area contributed by atoms with Gasteiger partial charge < -0.3 is 10.7 Å². The third kappa shape index (κ3) is 1.52. The van der Waals surface area contributed by atoms with E-state index in [0.29, 0.717) is 0 Å². The molecule has 0 bridgehead atoms. The molecular formula is C13H13N3S. The molecule has 0 radical (unpaired) electrons. The van der Waals surface area contributed by atoms with E-state index < -0.39 is 0 Å². The van der Waals surface area contributed by atoms with Crippen molar-refractivity contribution in [3.8, 4) is 11.3 Å². The summed E-state index contributed by atoms with van der Waals surface area (Å²) in [5, 5.41) is 1.96. The van der Waals surface area contributed by atoms with E-state index in [9.17, 15) is 0 Å². The van der Waals surface area contributed by atoms with Crippen LogP contribution in [0.1, 0.15) is 11.3 Å². The number of hydrogen-bond donors (Lipinski definition) is 2. The number of fused-ring (bicyclic) bond motifs is 1. The molecule has 3 nitrogen and oxygen atoms in total. The van der Waals surface area contributed by atoms with Gasteiger partial charge in [-0.2, -0.15) is 0 Å². The van der Waals surface area contributed by atoms with Crippen LogP contribution in [-0.2, 0) is 0 Å². The predicted octanol–water partition coefficient (Wildman–Crippen LogP) is 3.49. The molecule has 2 heterocycles. The highest BCUT2D eigenvalue weighted by Crippen LogP contribution is 2.36. The molecule has 0 spiro atoms. The van der Waals surface area contributed by atoms with Crippen LogP contribution < -0.4 is 5.73 Å². The molecule has 0 aliphatic heterocycles. The summed E-state index contributed by atoms with van der Waals surface area (Å²) < 4.78 is 0. The maximum absolute atomic E-state index is 5.96. The van der Waals surface area contributed by atoms with Crippen molar-refractivity contribution < 1.29 is 0 Å². The third-order valence-corrected chi connectivity index (χ3v) is 3.63. The molecule has 3 aromatic rings. The molecule has 0 saturated carbocycles. The van der Waals surface area contributed by atoms with E-state index in [1.54, 1.807) is 5.51 Å². The summed E-state index contributed by atoms with van der Waals surface area (Å²) in [6.45, 7) is 4.15. The Balaban J connectivity index is 2.37. The SMILES string of the molecule is Cc1ccc2c(-c3ncsc3N)c(C)[nH]c2c1. The first-order chi connectivity index (χ1) is 8.16. The predicted molar refractivity (Wildman–Crippen MR) is 73.3 cm³/mol. The zero-order valence-corrected chi connectivity index (χ0v) is 10.6. The van der Waals surface area contributed by atoms with Crippen LogP contribution in [0.3, 0.4) is 0 Å². The number of thiazole rings is 1. The number of rotatable bonds is 1. The van der Waals surface area contributed by atoms with Gasteiger partial charge in [-0.1, -0.05) is 12.1 Å². The molecule has 0 saturated heterocycles. The highest BCUT2D eigenvalue weighted by atomic mass is 32.1. The molecule has 0 atom stereocenters. The Morgan fingerprint density at radius 1 is 1.29 bits per heavy atom. The molecule has 1 aromatic carbocycles. The zero-order valence-electron chi connectivity index (χ0n) is 9.74. The minimum atomic E-state index is 0.773. The minimum absolute atomic E-state index is 0.773. The number of nitrogens with two attached hydrogens (primary N) is 1. The Bertz CT molecular complexity index is 694. The average Bonchev–Trinajstić information content (AvgIpc) is 2.80. The third-order valence-electron chi connectivity index (χ3n) is 2.97. The summed E-state index contributed by atoms with van der Waals surface area (Å²) in [5.41, 5.74) is 13.3. The van der Waals surface area contributed by atoms with Crippen molar-refractivity contribution in [2.24, 2.45) is 0 Å². The van der Waals surface area contributed by atoms with Crippen LogP contribution >= 0.6 is 11.3 Å². The van der Waals surface area contributed by atoms with E-state index in [2.05, 4.69) is 42.0 Å². The number of H-pyrrole nitrogens is 1. The van der Waals surface area contributed by atoms with Crippen molar-refractivity contribution in [3.05, 3.63) is 35.0 Å². The van der Waals surface area contributed by atoms with E-state index in [4.69, 9.17) is 5.73 Å². The van der Waals surface area contributed by atoms with Crippen LogP contribution in [0.5, 0.6) is 0 Å². The van der Waals surface area contributed by atoms with Gasteiger partial charge in [0.1, 0.15) is 10.7 Å². The molecule has 0 aliphatic rings. The van der Waals surface area contributed by atoms with Crippen molar-refractivity contribution in [2.75, 3.05) is 5.73 Å². The lowest BCUT2D eigenvalue weighted by Gasteiger charge is -1.99. The monoisotopic (exact) mass is 243 g/mol. The molecule has 3 rings (SSSR count). The smallest absolute Gasteiger partial charge is 0.114 e. The summed E-state index contributed by atoms with van der Waals surface area (Å²) in [7, 11) is 0. The number of nitrogens with zero attached hydrogens (tertiary/aromatic N) is 1. The molecule has 3 N–H and O–H groups in total. The van der Waals surface area contributed by atoms with Crippen molar-refractivity contribution in [3.63, 3.8) is 0 Å². The molecule has 4 heteroatoms. The second kappa shape index (κ2) is 3.60. The van der Waals surface area contributed by atoms with Crippen LogP contribution in [-0.4, -0.2) is 9.97 Å². The van der Waals surface area contributed by atoms with Crippen LogP contribution in [0.15, 0.2) is 23.7 Å². The highest BCUT2D eigenvalue weighted by molar-refractivity contribution is 7.14. The van der Waals surface area contributed by atoms with Gasteiger partial charge in [0.15, 0.2) is 0 Å². The molecule has 0 unspecified atom stereocenters. The van der Waals surface area contributed by atoms with Gasteiger partial charge in [0, 0.05) is 22.2 Å². The van der Waals surface area contributed by atoms with Crippen molar-refractivity contribution in [1.82, 2.24) is 9.97 Å². The van der Waals surface area contributed by atoms with Crippen molar-refractivity contribution in [1.29, 1.82) is 0 Å². The average molecular weight is 243 g/mol. The van der Waals surface area contributed by atoms with Crippen LogP contribution in [0.2, 0.25) is 0 Å². The minimum Gasteiger partial charge on any atom is -0.389 e. The summed E-state index contributed by atoms with van der Waals surface area (Å²) in [5.74, 6) is 0. The number of aryl methyl sites for hydroxylation is 2. The Morgan fingerprint density at radius 2 is 2.12 bits per heavy atom. The van der Waals surface area contributed by atoms with Crippen molar-refractivity contribution >= 4 is 27.2 Å². The lowest BCUT2D eigenvalue weighted by molar-refractivity contribution is 1.28. The van der Waals surface area contributed by atoms with Gasteiger partial charge in [0.2, 0.25) is 0 Å².